The summed E-state index contributed by atoms with van der Waals surface area (Å²) in [7, 11) is -4.66. The second-order valence-corrected chi connectivity index (χ2v) is 6.95. The Hall–Kier alpha value is -2.39. The van der Waals surface area contributed by atoms with Gasteiger partial charge in [0.2, 0.25) is 20.6 Å². The van der Waals surface area contributed by atoms with Crippen LogP contribution in [0.3, 0.4) is 0 Å². The lowest BCUT2D eigenvalue weighted by molar-refractivity contribution is -0.119. The number of carbonyl (C=O) groups excluding carboxylic acids is 1. The molecule has 0 radical (unpaired) electrons. The average Bonchev–Trinajstić information content (AvgIpc) is 2.58. The van der Waals surface area contributed by atoms with Gasteiger partial charge in [0.1, 0.15) is 5.78 Å². The number of nitrogens with one attached hydrogen (secondary N) is 2. The number of aromatic amines is 2. The molecule has 0 spiro atoms. The third-order valence-corrected chi connectivity index (χ3v) is 4.61. The van der Waals surface area contributed by atoms with Crippen LogP contribution in [0.25, 0.3) is 0 Å². The lowest BCUT2D eigenvalue weighted by Gasteiger charge is -2.02. The second-order valence-electron chi connectivity index (χ2n) is 5.13. The predicted octanol–water partition coefficient (Wildman–Crippen LogP) is 1.30. The number of H-pyrrole nitrogens is 2. The molecule has 2 aromatic heterocycles. The Labute approximate surface area is 141 Å². The van der Waals surface area contributed by atoms with Crippen LogP contribution < -0.4 is 0 Å². The van der Waals surface area contributed by atoms with E-state index in [9.17, 15) is 21.6 Å². The minimum atomic E-state index is -2.33. The molecule has 0 atom stereocenters. The van der Waals surface area contributed by atoms with Crippen LogP contribution in [-0.4, -0.2) is 32.6 Å². The zero-order valence-electron chi connectivity index (χ0n) is 12.7. The van der Waals surface area contributed by atoms with Crippen molar-refractivity contribution >= 4 is 26.4 Å². The molecule has 24 heavy (non-hydrogen) atoms. The van der Waals surface area contributed by atoms with Gasteiger partial charge in [0.15, 0.2) is 9.28 Å². The maximum atomic E-state index is 12.0. The maximum absolute atomic E-state index is 12.0. The fourth-order valence-corrected chi connectivity index (χ4v) is 3.00. The summed E-state index contributed by atoms with van der Waals surface area (Å²) in [4.78, 5) is 17.2. The van der Waals surface area contributed by atoms with Gasteiger partial charge in [-0.1, -0.05) is 0 Å². The van der Waals surface area contributed by atoms with Crippen LogP contribution in [0.4, 0.5) is 0 Å². The van der Waals surface area contributed by atoms with Crippen molar-refractivity contribution in [3.05, 3.63) is 57.1 Å². The molecule has 0 bridgehead atoms. The van der Waals surface area contributed by atoms with E-state index in [0.717, 1.165) is 11.1 Å². The Morgan fingerprint density at radius 1 is 0.792 bits per heavy atom. The van der Waals surface area contributed by atoms with E-state index in [2.05, 4.69) is 9.97 Å². The van der Waals surface area contributed by atoms with Gasteiger partial charge in [-0.25, -0.2) is 0 Å². The van der Waals surface area contributed by atoms with Gasteiger partial charge in [0.05, 0.1) is 0 Å². The Balaban J connectivity index is 1.95. The van der Waals surface area contributed by atoms with Crippen molar-refractivity contribution in [2.45, 2.75) is 25.7 Å². The van der Waals surface area contributed by atoms with Crippen LogP contribution >= 0.6 is 0 Å². The van der Waals surface area contributed by atoms with Crippen molar-refractivity contribution in [3.8, 4) is 0 Å². The number of aryl methyl sites for hydroxylation is 2. The van der Waals surface area contributed by atoms with Gasteiger partial charge in [-0.2, -0.15) is 16.8 Å². The van der Waals surface area contributed by atoms with Gasteiger partial charge in [0, 0.05) is 25.2 Å². The van der Waals surface area contributed by atoms with Crippen molar-refractivity contribution in [2.75, 3.05) is 0 Å². The normalized spacial score (nSPS) is 10.3. The van der Waals surface area contributed by atoms with Crippen LogP contribution in [0.2, 0.25) is 0 Å². The van der Waals surface area contributed by atoms with Crippen LogP contribution in [-0.2, 0) is 38.2 Å². The largest absolute Gasteiger partial charge is 0.349 e. The molecule has 2 aromatic rings. The molecular formula is C15H16N2O5S2. The first-order valence-electron chi connectivity index (χ1n) is 7.17. The van der Waals surface area contributed by atoms with Crippen LogP contribution in [0.5, 0.6) is 0 Å². The van der Waals surface area contributed by atoms with E-state index in [-0.39, 0.29) is 15.1 Å². The standard InChI is InChI=1S/C15H16N2O5S2/c18-13(3-1-11-5-7-16-14(9-11)23(19)20)4-2-12-6-8-17-15(10-12)24(21)22/h5-10,16-17H,1-4H2. The number of ketones is 1. The van der Waals surface area contributed by atoms with E-state index in [1.807, 2.05) is 0 Å². The summed E-state index contributed by atoms with van der Waals surface area (Å²) in [6.45, 7) is 0. The molecule has 0 unspecified atom stereocenters. The zero-order valence-corrected chi connectivity index (χ0v) is 14.3. The van der Waals surface area contributed by atoms with E-state index in [0.29, 0.717) is 25.7 Å². The fraction of sp³-hybridized carbons (Fsp3) is 0.267. The summed E-state index contributed by atoms with van der Waals surface area (Å²) >= 11 is 0. The first-order valence-corrected chi connectivity index (χ1v) is 9.32. The van der Waals surface area contributed by atoms with Gasteiger partial charge in [-0.15, -0.1) is 0 Å². The number of hydrogen-bond donors (Lipinski definition) is 2. The molecule has 0 fully saturated rings. The highest BCUT2D eigenvalue weighted by Gasteiger charge is 2.04. The molecule has 0 aromatic carbocycles. The van der Waals surface area contributed by atoms with Gasteiger partial charge >= 0.3 is 0 Å². The molecule has 2 N–H and O–H groups in total. The molecular weight excluding hydrogens is 352 g/mol. The molecule has 0 amide bonds. The fourth-order valence-electron chi connectivity index (χ4n) is 2.17. The van der Waals surface area contributed by atoms with Gasteiger partial charge in [0.25, 0.3) is 0 Å². The van der Waals surface area contributed by atoms with Crippen LogP contribution in [0, 0.1) is 9.28 Å². The molecule has 9 heteroatoms. The average molecular weight is 368 g/mol. The molecule has 2 rings (SSSR count). The molecule has 0 aliphatic rings. The Morgan fingerprint density at radius 3 is 1.58 bits per heavy atom. The number of hydrogen-bond acceptors (Lipinski definition) is 5. The number of Topliss-reactive ketones (excluding diaryl/α,β-unsaturated/α-hetero) is 1. The Bertz CT molecular complexity index is 989. The van der Waals surface area contributed by atoms with Gasteiger partial charge in [-0.05, 0) is 48.2 Å². The van der Waals surface area contributed by atoms with Crippen LogP contribution in [0.15, 0.2) is 36.7 Å². The van der Waals surface area contributed by atoms with E-state index < -0.39 is 20.6 Å². The lowest BCUT2D eigenvalue weighted by Crippen LogP contribution is -2.02. The lowest BCUT2D eigenvalue weighted by atomic mass is 10.0. The molecule has 0 aliphatic carbocycles. The highest BCUT2D eigenvalue weighted by molar-refractivity contribution is 7.64. The molecule has 0 saturated carbocycles. The third-order valence-electron chi connectivity index (χ3n) is 3.42. The highest BCUT2D eigenvalue weighted by Crippen LogP contribution is 2.07. The smallest absolute Gasteiger partial charge is 0.238 e. The molecule has 128 valence electrons. The quantitative estimate of drug-likeness (QED) is 0.745. The van der Waals surface area contributed by atoms with E-state index in [1.54, 1.807) is 12.1 Å². The van der Waals surface area contributed by atoms with Crippen molar-refractivity contribution in [2.24, 2.45) is 0 Å². The maximum Gasteiger partial charge on any atom is 0.238 e. The van der Waals surface area contributed by atoms with Crippen molar-refractivity contribution in [1.82, 2.24) is 9.97 Å². The van der Waals surface area contributed by atoms with Gasteiger partial charge in [-0.3, -0.25) is 4.79 Å². The summed E-state index contributed by atoms with van der Waals surface area (Å²) in [6, 6.07) is 6.46. The highest BCUT2D eigenvalue weighted by atomic mass is 32.2. The minimum Gasteiger partial charge on any atom is -0.349 e. The van der Waals surface area contributed by atoms with E-state index in [1.165, 1.54) is 24.5 Å². The summed E-state index contributed by atoms with van der Waals surface area (Å²) in [5.74, 6) is 0.0326. The summed E-state index contributed by atoms with van der Waals surface area (Å²) < 4.78 is 43.7. The van der Waals surface area contributed by atoms with Crippen molar-refractivity contribution in [3.63, 3.8) is 0 Å². The first-order chi connectivity index (χ1) is 11.5. The predicted molar refractivity (Wildman–Crippen MR) is 87.6 cm³/mol. The number of pyridine rings is 2. The molecule has 2 heterocycles. The van der Waals surface area contributed by atoms with E-state index >= 15 is 0 Å². The SMILES string of the molecule is O=C(CCc1cc[nH]c(=S(=O)=O)c1)CCc1cc[nH]c(=S(=O)=O)c1. The monoisotopic (exact) mass is 368 g/mol. The Kier molecular flexibility index (Phi) is 6.33. The molecule has 0 saturated heterocycles. The molecule has 7 nitrogen and oxygen atoms in total. The minimum absolute atomic E-state index is 0.0326. The second kappa shape index (κ2) is 8.46. The van der Waals surface area contributed by atoms with Crippen molar-refractivity contribution < 1.29 is 21.6 Å². The van der Waals surface area contributed by atoms with Crippen LogP contribution in [0.1, 0.15) is 24.0 Å². The summed E-state index contributed by atoms with van der Waals surface area (Å²) in [5, 5.41) is 0. The zero-order chi connectivity index (χ0) is 17.5. The topological polar surface area (TPSA) is 117 Å². The Morgan fingerprint density at radius 2 is 1.21 bits per heavy atom. The summed E-state index contributed by atoms with van der Waals surface area (Å²) in [5.41, 5.74) is 1.53. The first kappa shape index (κ1) is 18.0. The van der Waals surface area contributed by atoms with Crippen molar-refractivity contribution in [1.29, 1.82) is 0 Å². The molecule has 0 aliphatic heterocycles. The number of carbonyl (C=O) groups is 1. The number of aromatic nitrogens is 2. The van der Waals surface area contributed by atoms with Gasteiger partial charge < -0.3 is 9.97 Å². The third kappa shape index (κ3) is 5.36. The summed E-state index contributed by atoms with van der Waals surface area (Å²) in [6.07, 6.45) is 4.56. The van der Waals surface area contributed by atoms with E-state index in [4.69, 9.17) is 0 Å². The number of rotatable bonds is 6.